The van der Waals surface area contributed by atoms with Gasteiger partial charge < -0.3 is 24.6 Å². The number of aliphatic carboxylic acids is 1. The summed E-state index contributed by atoms with van der Waals surface area (Å²) < 4.78 is 17.1. The van der Waals surface area contributed by atoms with E-state index < -0.39 is 5.97 Å². The summed E-state index contributed by atoms with van der Waals surface area (Å²) in [6, 6.07) is 11.4. The lowest BCUT2D eigenvalue weighted by Gasteiger charge is -2.21. The summed E-state index contributed by atoms with van der Waals surface area (Å²) in [5.74, 6) is 2.00. The minimum Gasteiger partial charge on any atom is -0.494 e. The zero-order valence-electron chi connectivity index (χ0n) is 18.8. The van der Waals surface area contributed by atoms with E-state index in [9.17, 15) is 4.79 Å². The lowest BCUT2D eigenvalue weighted by atomic mass is 10.0. The van der Waals surface area contributed by atoms with E-state index >= 15 is 0 Å². The van der Waals surface area contributed by atoms with Gasteiger partial charge >= 0.3 is 5.97 Å². The summed E-state index contributed by atoms with van der Waals surface area (Å²) in [5.41, 5.74) is 4.49. The van der Waals surface area contributed by atoms with Crippen LogP contribution in [0, 0.1) is 6.92 Å². The average molecular weight is 450 g/mol. The molecular formula is C25H27N3O5. The fourth-order valence-corrected chi connectivity index (χ4v) is 3.82. The van der Waals surface area contributed by atoms with Crippen LogP contribution < -0.4 is 19.5 Å². The summed E-state index contributed by atoms with van der Waals surface area (Å²) >= 11 is 0. The molecule has 0 bridgehead atoms. The van der Waals surface area contributed by atoms with E-state index in [0.29, 0.717) is 43.5 Å². The maximum atomic E-state index is 11.1. The van der Waals surface area contributed by atoms with Gasteiger partial charge in [0.05, 0.1) is 18.7 Å². The fraction of sp³-hybridized carbons (Fsp3) is 0.320. The Hall–Kier alpha value is -3.81. The Kier molecular flexibility index (Phi) is 6.92. The first-order valence-electron chi connectivity index (χ1n) is 11.0. The lowest BCUT2D eigenvalue weighted by molar-refractivity contribution is -0.136. The number of carbonyl (C=O) groups is 1. The van der Waals surface area contributed by atoms with Gasteiger partial charge in [0.25, 0.3) is 0 Å². The molecule has 0 unspecified atom stereocenters. The molecule has 0 saturated carbocycles. The molecule has 1 aliphatic rings. The Morgan fingerprint density at radius 1 is 1.12 bits per heavy atom. The molecule has 2 heterocycles. The van der Waals surface area contributed by atoms with Crippen molar-refractivity contribution in [1.29, 1.82) is 0 Å². The number of hydrogen-bond acceptors (Lipinski definition) is 7. The molecule has 0 spiro atoms. The topological polar surface area (TPSA) is 103 Å². The number of anilines is 1. The standard InChI is InChI=1S/C25H27N3O5/c1-3-31-22-12-18(4-5-19(22)13-24(29)30)20-14-23(28-15-27-20)26-9-8-17-6-7-21-25(16(17)2)33-11-10-32-21/h4-7,12,14-15H,3,8-11,13H2,1-2H3,(H,29,30)(H,26,27,28). The molecule has 8 nitrogen and oxygen atoms in total. The number of hydrogen-bond donors (Lipinski definition) is 2. The van der Waals surface area contributed by atoms with Crippen molar-refractivity contribution in [3.63, 3.8) is 0 Å². The number of nitrogens with zero attached hydrogens (tertiary/aromatic N) is 2. The highest BCUT2D eigenvalue weighted by molar-refractivity contribution is 5.73. The Bertz CT molecular complexity index is 1150. The van der Waals surface area contributed by atoms with Crippen LogP contribution in [0.2, 0.25) is 0 Å². The van der Waals surface area contributed by atoms with Crippen molar-refractivity contribution < 1.29 is 24.1 Å². The largest absolute Gasteiger partial charge is 0.494 e. The summed E-state index contributed by atoms with van der Waals surface area (Å²) in [5, 5.41) is 12.5. The minimum absolute atomic E-state index is 0.0918. The third kappa shape index (κ3) is 5.34. The monoisotopic (exact) mass is 449 g/mol. The number of nitrogens with one attached hydrogen (secondary N) is 1. The molecule has 0 radical (unpaired) electrons. The van der Waals surface area contributed by atoms with E-state index in [-0.39, 0.29) is 6.42 Å². The second kappa shape index (κ2) is 10.2. The highest BCUT2D eigenvalue weighted by Crippen LogP contribution is 2.35. The van der Waals surface area contributed by atoms with Crippen LogP contribution in [0.5, 0.6) is 17.2 Å². The first-order chi connectivity index (χ1) is 16.0. The fourth-order valence-electron chi connectivity index (χ4n) is 3.82. The van der Waals surface area contributed by atoms with Gasteiger partial charge in [-0.2, -0.15) is 0 Å². The van der Waals surface area contributed by atoms with E-state index in [0.717, 1.165) is 34.7 Å². The molecule has 0 aliphatic carbocycles. The average Bonchev–Trinajstić information content (AvgIpc) is 2.82. The Morgan fingerprint density at radius 2 is 1.94 bits per heavy atom. The van der Waals surface area contributed by atoms with Gasteiger partial charge in [0.1, 0.15) is 31.1 Å². The molecule has 0 fully saturated rings. The first kappa shape index (κ1) is 22.4. The van der Waals surface area contributed by atoms with E-state index in [4.69, 9.17) is 19.3 Å². The molecule has 0 saturated heterocycles. The molecule has 2 N–H and O–H groups in total. The van der Waals surface area contributed by atoms with Crippen molar-refractivity contribution in [3.8, 4) is 28.5 Å². The van der Waals surface area contributed by atoms with Crippen molar-refractivity contribution in [3.05, 3.63) is 59.4 Å². The van der Waals surface area contributed by atoms with Gasteiger partial charge in [-0.3, -0.25) is 4.79 Å². The van der Waals surface area contributed by atoms with Crippen LogP contribution in [-0.4, -0.2) is 47.4 Å². The molecule has 8 heteroatoms. The highest BCUT2D eigenvalue weighted by Gasteiger charge is 2.16. The normalized spacial score (nSPS) is 12.3. The molecule has 1 aliphatic heterocycles. The summed E-state index contributed by atoms with van der Waals surface area (Å²) in [6.07, 6.45) is 2.23. The summed E-state index contributed by atoms with van der Waals surface area (Å²) in [4.78, 5) is 19.8. The number of carboxylic acids is 1. The van der Waals surface area contributed by atoms with Crippen LogP contribution in [0.15, 0.2) is 42.7 Å². The van der Waals surface area contributed by atoms with E-state index in [1.807, 2.05) is 31.2 Å². The van der Waals surface area contributed by atoms with Crippen LogP contribution in [0.3, 0.4) is 0 Å². The number of rotatable bonds is 9. The van der Waals surface area contributed by atoms with Gasteiger partial charge in [0.2, 0.25) is 0 Å². The third-order valence-electron chi connectivity index (χ3n) is 5.44. The van der Waals surface area contributed by atoms with Crippen molar-refractivity contribution in [2.45, 2.75) is 26.7 Å². The third-order valence-corrected chi connectivity index (χ3v) is 5.44. The van der Waals surface area contributed by atoms with Crippen molar-refractivity contribution in [1.82, 2.24) is 9.97 Å². The van der Waals surface area contributed by atoms with Gasteiger partial charge in [-0.25, -0.2) is 9.97 Å². The molecule has 33 heavy (non-hydrogen) atoms. The number of benzene rings is 2. The Balaban J connectivity index is 1.45. The number of fused-ring (bicyclic) bond motifs is 1. The molecule has 0 atom stereocenters. The summed E-state index contributed by atoms with van der Waals surface area (Å²) in [6.45, 7) is 6.22. The van der Waals surface area contributed by atoms with Crippen LogP contribution in [0.1, 0.15) is 23.6 Å². The predicted molar refractivity (Wildman–Crippen MR) is 124 cm³/mol. The van der Waals surface area contributed by atoms with E-state index in [1.165, 1.54) is 11.9 Å². The van der Waals surface area contributed by atoms with Gasteiger partial charge in [0.15, 0.2) is 11.5 Å². The Morgan fingerprint density at radius 3 is 2.76 bits per heavy atom. The molecule has 3 aromatic rings. The number of ether oxygens (including phenoxy) is 3. The summed E-state index contributed by atoms with van der Waals surface area (Å²) in [7, 11) is 0. The SMILES string of the molecule is CCOc1cc(-c2cc(NCCc3ccc4c(c3C)OCCO4)ncn2)ccc1CC(=O)O. The quantitative estimate of drug-likeness (QED) is 0.507. The molecule has 0 amide bonds. The zero-order valence-corrected chi connectivity index (χ0v) is 18.8. The van der Waals surface area contributed by atoms with E-state index in [1.54, 1.807) is 6.07 Å². The number of aromatic nitrogens is 2. The van der Waals surface area contributed by atoms with Gasteiger partial charge in [-0.1, -0.05) is 18.2 Å². The van der Waals surface area contributed by atoms with E-state index in [2.05, 4.69) is 28.3 Å². The van der Waals surface area contributed by atoms with Gasteiger partial charge in [-0.05, 0) is 43.5 Å². The number of carboxylic acid groups (broad SMARTS) is 1. The smallest absolute Gasteiger partial charge is 0.307 e. The second-order valence-electron chi connectivity index (χ2n) is 7.67. The zero-order chi connectivity index (χ0) is 23.2. The van der Waals surface area contributed by atoms with Crippen LogP contribution in [-0.2, 0) is 17.6 Å². The predicted octanol–water partition coefficient (Wildman–Crippen LogP) is 3.90. The molecule has 172 valence electrons. The van der Waals surface area contributed by atoms with Crippen molar-refractivity contribution >= 4 is 11.8 Å². The maximum absolute atomic E-state index is 11.1. The minimum atomic E-state index is -0.898. The Labute approximate surface area is 192 Å². The first-order valence-corrected chi connectivity index (χ1v) is 11.0. The highest BCUT2D eigenvalue weighted by atomic mass is 16.6. The second-order valence-corrected chi connectivity index (χ2v) is 7.67. The molecule has 1 aromatic heterocycles. The van der Waals surface area contributed by atoms with Crippen LogP contribution in [0.4, 0.5) is 5.82 Å². The van der Waals surface area contributed by atoms with Gasteiger partial charge in [-0.15, -0.1) is 0 Å². The maximum Gasteiger partial charge on any atom is 0.307 e. The van der Waals surface area contributed by atoms with Crippen LogP contribution >= 0.6 is 0 Å². The van der Waals surface area contributed by atoms with Crippen molar-refractivity contribution in [2.75, 3.05) is 31.7 Å². The van der Waals surface area contributed by atoms with Crippen molar-refractivity contribution in [2.24, 2.45) is 0 Å². The molecular weight excluding hydrogens is 422 g/mol. The lowest BCUT2D eigenvalue weighted by Crippen LogP contribution is -2.17. The molecule has 4 rings (SSSR count). The van der Waals surface area contributed by atoms with Gasteiger partial charge in [0, 0.05) is 23.7 Å². The van der Waals surface area contributed by atoms with Crippen LogP contribution in [0.25, 0.3) is 11.3 Å². The molecule has 2 aromatic carbocycles.